The molecule has 2 aromatic rings. The molecule has 0 saturated carbocycles. The highest BCUT2D eigenvalue weighted by atomic mass is 16.3. The van der Waals surface area contributed by atoms with Crippen molar-refractivity contribution in [2.75, 3.05) is 0 Å². The zero-order valence-electron chi connectivity index (χ0n) is 11.6. The molecule has 0 bridgehead atoms. The van der Waals surface area contributed by atoms with Gasteiger partial charge in [-0.05, 0) is 60.4 Å². The van der Waals surface area contributed by atoms with E-state index in [1.807, 2.05) is 18.2 Å². The number of fused-ring (bicyclic) bond motifs is 1. The van der Waals surface area contributed by atoms with Gasteiger partial charge in [-0.2, -0.15) is 0 Å². The Hall–Kier alpha value is -1.80. The Morgan fingerprint density at radius 1 is 1.05 bits per heavy atom. The first-order valence-electron chi connectivity index (χ1n) is 7.33. The van der Waals surface area contributed by atoms with E-state index in [1.165, 1.54) is 16.7 Å². The number of aromatic hydroxyl groups is 1. The summed E-state index contributed by atoms with van der Waals surface area (Å²) in [5, 5.41) is 9.80. The summed E-state index contributed by atoms with van der Waals surface area (Å²) in [5.74, 6) is 0.810. The summed E-state index contributed by atoms with van der Waals surface area (Å²) in [4.78, 5) is 0. The van der Waals surface area contributed by atoms with Gasteiger partial charge in [-0.1, -0.05) is 36.4 Å². The normalized spacial score (nSPS) is 22.1. The Labute approximate surface area is 120 Å². The Morgan fingerprint density at radius 2 is 1.85 bits per heavy atom. The van der Waals surface area contributed by atoms with Crippen molar-refractivity contribution in [2.24, 2.45) is 5.73 Å². The Bertz CT molecular complexity index is 579. The van der Waals surface area contributed by atoms with Crippen molar-refractivity contribution >= 4 is 0 Å². The highest BCUT2D eigenvalue weighted by molar-refractivity contribution is 5.39. The summed E-state index contributed by atoms with van der Waals surface area (Å²) in [6.07, 6.45) is 4.07. The van der Waals surface area contributed by atoms with Crippen molar-refractivity contribution in [3.8, 4) is 5.75 Å². The van der Waals surface area contributed by atoms with Crippen molar-refractivity contribution in [3.05, 3.63) is 65.2 Å². The van der Waals surface area contributed by atoms with E-state index in [2.05, 4.69) is 24.3 Å². The van der Waals surface area contributed by atoms with E-state index >= 15 is 0 Å². The molecule has 0 fully saturated rings. The minimum absolute atomic E-state index is 0.235. The van der Waals surface area contributed by atoms with E-state index in [9.17, 15) is 5.11 Å². The molecule has 2 nitrogen and oxygen atoms in total. The summed E-state index contributed by atoms with van der Waals surface area (Å²) in [6.45, 7) is 0. The number of phenolic OH excluding ortho intramolecular Hbond substituents is 1. The van der Waals surface area contributed by atoms with Crippen molar-refractivity contribution in [2.45, 2.75) is 37.6 Å². The van der Waals surface area contributed by atoms with Crippen molar-refractivity contribution in [1.82, 2.24) is 0 Å². The van der Waals surface area contributed by atoms with Crippen LogP contribution < -0.4 is 5.73 Å². The number of nitrogens with two attached hydrogens (primary N) is 1. The second kappa shape index (κ2) is 5.68. The average Bonchev–Trinajstić information content (AvgIpc) is 2.60. The van der Waals surface area contributed by atoms with Gasteiger partial charge in [-0.3, -0.25) is 0 Å². The fraction of sp³-hybridized carbons (Fsp3) is 0.333. The van der Waals surface area contributed by atoms with Crippen LogP contribution in [0.5, 0.6) is 5.75 Å². The van der Waals surface area contributed by atoms with E-state index in [4.69, 9.17) is 5.73 Å². The summed E-state index contributed by atoms with van der Waals surface area (Å²) in [5.41, 5.74) is 10.1. The predicted octanol–water partition coefficient (Wildman–Crippen LogP) is 3.38. The Kier molecular flexibility index (Phi) is 3.75. The van der Waals surface area contributed by atoms with Gasteiger partial charge in [0, 0.05) is 6.04 Å². The van der Waals surface area contributed by atoms with E-state index in [0.717, 1.165) is 25.7 Å². The predicted molar refractivity (Wildman–Crippen MR) is 81.9 cm³/mol. The molecule has 3 rings (SSSR count). The molecular formula is C18H21NO. The molecule has 104 valence electrons. The van der Waals surface area contributed by atoms with Gasteiger partial charge in [-0.25, -0.2) is 0 Å². The lowest BCUT2D eigenvalue weighted by Crippen LogP contribution is -2.21. The zero-order valence-corrected chi connectivity index (χ0v) is 11.6. The maximum absolute atomic E-state index is 9.80. The van der Waals surface area contributed by atoms with Crippen LogP contribution in [0, 0.1) is 0 Å². The van der Waals surface area contributed by atoms with Crippen LogP contribution in [0.3, 0.4) is 0 Å². The number of phenols is 1. The Balaban J connectivity index is 1.93. The molecule has 0 spiro atoms. The second-order valence-electron chi connectivity index (χ2n) is 5.81. The topological polar surface area (TPSA) is 46.2 Å². The maximum Gasteiger partial charge on any atom is 0.115 e. The number of hydrogen-bond donors (Lipinski definition) is 2. The van der Waals surface area contributed by atoms with Crippen molar-refractivity contribution in [3.63, 3.8) is 0 Å². The smallest absolute Gasteiger partial charge is 0.115 e. The molecule has 2 aromatic carbocycles. The molecule has 0 aliphatic heterocycles. The minimum Gasteiger partial charge on any atom is -0.508 e. The number of hydrogen-bond acceptors (Lipinski definition) is 2. The summed E-state index contributed by atoms with van der Waals surface area (Å²) in [6, 6.07) is 16.5. The summed E-state index contributed by atoms with van der Waals surface area (Å²) in [7, 11) is 0. The van der Waals surface area contributed by atoms with Gasteiger partial charge in [0.2, 0.25) is 0 Å². The van der Waals surface area contributed by atoms with Crippen LogP contribution in [-0.4, -0.2) is 11.1 Å². The first-order valence-corrected chi connectivity index (χ1v) is 7.33. The third kappa shape index (κ3) is 2.86. The third-order valence-corrected chi connectivity index (χ3v) is 4.26. The fourth-order valence-corrected chi connectivity index (χ4v) is 3.21. The molecule has 1 aliphatic carbocycles. The monoisotopic (exact) mass is 267 g/mol. The molecule has 0 radical (unpaired) electrons. The minimum atomic E-state index is 0.235. The lowest BCUT2D eigenvalue weighted by atomic mass is 9.87. The highest BCUT2D eigenvalue weighted by Crippen LogP contribution is 2.34. The lowest BCUT2D eigenvalue weighted by Gasteiger charge is -2.18. The molecule has 2 unspecified atom stereocenters. The van der Waals surface area contributed by atoms with Crippen molar-refractivity contribution in [1.29, 1.82) is 0 Å². The lowest BCUT2D eigenvalue weighted by molar-refractivity contribution is 0.472. The van der Waals surface area contributed by atoms with Crippen LogP contribution >= 0.6 is 0 Å². The van der Waals surface area contributed by atoms with Crippen LogP contribution in [0.4, 0.5) is 0 Å². The molecule has 0 aromatic heterocycles. The van der Waals surface area contributed by atoms with Crippen LogP contribution in [0.2, 0.25) is 0 Å². The molecule has 3 N–H and O–H groups in total. The largest absolute Gasteiger partial charge is 0.508 e. The number of benzene rings is 2. The number of rotatable bonds is 2. The van der Waals surface area contributed by atoms with Gasteiger partial charge < -0.3 is 10.8 Å². The maximum atomic E-state index is 9.80. The molecule has 0 saturated heterocycles. The zero-order chi connectivity index (χ0) is 13.9. The molecular weight excluding hydrogens is 246 g/mol. The van der Waals surface area contributed by atoms with Gasteiger partial charge in [0.15, 0.2) is 0 Å². The van der Waals surface area contributed by atoms with E-state index < -0.39 is 0 Å². The first kappa shape index (κ1) is 13.2. The van der Waals surface area contributed by atoms with Crippen LogP contribution in [-0.2, 0) is 12.8 Å². The third-order valence-electron chi connectivity index (χ3n) is 4.26. The fourth-order valence-electron chi connectivity index (χ4n) is 3.21. The SMILES string of the molecule is NC1CCC(Cc2ccccc2)c2cc(O)ccc2C1. The van der Waals surface area contributed by atoms with E-state index in [1.54, 1.807) is 6.07 Å². The van der Waals surface area contributed by atoms with Crippen LogP contribution in [0.25, 0.3) is 0 Å². The summed E-state index contributed by atoms with van der Waals surface area (Å²) >= 11 is 0. The van der Waals surface area contributed by atoms with Gasteiger partial charge in [-0.15, -0.1) is 0 Å². The quantitative estimate of drug-likeness (QED) is 0.819. The van der Waals surface area contributed by atoms with Crippen LogP contribution in [0.1, 0.15) is 35.4 Å². The summed E-state index contributed by atoms with van der Waals surface area (Å²) < 4.78 is 0. The van der Waals surface area contributed by atoms with Gasteiger partial charge >= 0.3 is 0 Å². The van der Waals surface area contributed by atoms with Gasteiger partial charge in [0.1, 0.15) is 5.75 Å². The highest BCUT2D eigenvalue weighted by Gasteiger charge is 2.22. The molecule has 0 heterocycles. The standard InChI is InChI=1S/C18H21NO/c19-16-8-6-14(10-13-4-2-1-3-5-13)18-12-17(20)9-7-15(18)11-16/h1-5,7,9,12,14,16,20H,6,8,10-11,19H2. The molecule has 2 atom stereocenters. The van der Waals surface area contributed by atoms with Gasteiger partial charge in [0.05, 0.1) is 0 Å². The average molecular weight is 267 g/mol. The van der Waals surface area contributed by atoms with Crippen LogP contribution in [0.15, 0.2) is 48.5 Å². The first-order chi connectivity index (χ1) is 9.72. The molecule has 0 amide bonds. The van der Waals surface area contributed by atoms with E-state index in [0.29, 0.717) is 11.7 Å². The second-order valence-corrected chi connectivity index (χ2v) is 5.81. The van der Waals surface area contributed by atoms with Gasteiger partial charge in [0.25, 0.3) is 0 Å². The molecule has 1 aliphatic rings. The molecule has 2 heteroatoms. The molecule has 20 heavy (non-hydrogen) atoms. The van der Waals surface area contributed by atoms with Crippen molar-refractivity contribution < 1.29 is 5.11 Å². The van der Waals surface area contributed by atoms with E-state index in [-0.39, 0.29) is 6.04 Å². The Morgan fingerprint density at radius 3 is 2.65 bits per heavy atom.